The molecule has 2 atom stereocenters. The van der Waals surface area contributed by atoms with Gasteiger partial charge >= 0.3 is 5.97 Å². The van der Waals surface area contributed by atoms with Crippen LogP contribution in [0.5, 0.6) is 0 Å². The Bertz CT molecular complexity index is 457. The summed E-state index contributed by atoms with van der Waals surface area (Å²) in [6.07, 6.45) is 0.864. The van der Waals surface area contributed by atoms with Crippen LogP contribution in [0, 0.1) is 5.92 Å². The highest BCUT2D eigenvalue weighted by Gasteiger charge is 2.18. The molecule has 0 fully saturated rings. The van der Waals surface area contributed by atoms with Crippen molar-refractivity contribution < 1.29 is 14.3 Å². The number of methoxy groups -OCH3 is 1. The molecule has 0 radical (unpaired) electrons. The van der Waals surface area contributed by atoms with Crippen molar-refractivity contribution in [2.45, 2.75) is 32.9 Å². The highest BCUT2D eigenvalue weighted by Crippen LogP contribution is 2.07. The molecule has 1 aromatic carbocycles. The molecule has 5 nitrogen and oxygen atoms in total. The molecule has 1 unspecified atom stereocenters. The van der Waals surface area contributed by atoms with Gasteiger partial charge in [-0.2, -0.15) is 0 Å². The van der Waals surface area contributed by atoms with Gasteiger partial charge < -0.3 is 15.8 Å². The normalized spacial score (nSPS) is 13.4. The molecule has 0 spiro atoms. The number of rotatable bonds is 6. The highest BCUT2D eigenvalue weighted by atomic mass is 16.5. The highest BCUT2D eigenvalue weighted by molar-refractivity contribution is 5.89. The van der Waals surface area contributed by atoms with E-state index >= 15 is 0 Å². The van der Waals surface area contributed by atoms with Crippen LogP contribution in [0.4, 0.5) is 0 Å². The monoisotopic (exact) mass is 278 g/mol. The molecule has 0 heterocycles. The second-order valence-corrected chi connectivity index (χ2v) is 4.82. The fourth-order valence-electron chi connectivity index (χ4n) is 1.70. The Hall–Kier alpha value is -1.88. The Balaban J connectivity index is 2.54. The lowest BCUT2D eigenvalue weighted by Crippen LogP contribution is -2.44. The van der Waals surface area contributed by atoms with Crippen molar-refractivity contribution in [1.82, 2.24) is 5.32 Å². The molecule has 1 amide bonds. The van der Waals surface area contributed by atoms with Crippen molar-refractivity contribution in [3.8, 4) is 0 Å². The molecular formula is C15H22N2O3. The van der Waals surface area contributed by atoms with E-state index in [0.717, 1.165) is 12.0 Å². The minimum absolute atomic E-state index is 0.150. The summed E-state index contributed by atoms with van der Waals surface area (Å²) in [7, 11) is 1.34. The van der Waals surface area contributed by atoms with Crippen molar-refractivity contribution in [3.63, 3.8) is 0 Å². The smallest absolute Gasteiger partial charge is 0.337 e. The molecular weight excluding hydrogens is 256 g/mol. The van der Waals surface area contributed by atoms with E-state index in [1.807, 2.05) is 13.8 Å². The topological polar surface area (TPSA) is 81.4 Å². The van der Waals surface area contributed by atoms with Crippen molar-refractivity contribution in [3.05, 3.63) is 35.4 Å². The van der Waals surface area contributed by atoms with Gasteiger partial charge in [-0.05, 0) is 23.6 Å². The molecule has 5 heteroatoms. The van der Waals surface area contributed by atoms with Gasteiger partial charge in [-0.15, -0.1) is 0 Å². The van der Waals surface area contributed by atoms with E-state index in [2.05, 4.69) is 10.1 Å². The third kappa shape index (κ3) is 4.35. The summed E-state index contributed by atoms with van der Waals surface area (Å²) in [5.41, 5.74) is 7.23. The van der Waals surface area contributed by atoms with E-state index in [-0.39, 0.29) is 17.8 Å². The third-order valence-electron chi connectivity index (χ3n) is 3.40. The molecule has 0 aliphatic rings. The van der Waals surface area contributed by atoms with Crippen molar-refractivity contribution in [1.29, 1.82) is 0 Å². The summed E-state index contributed by atoms with van der Waals surface area (Å²) in [4.78, 5) is 23.1. The summed E-state index contributed by atoms with van der Waals surface area (Å²) in [5, 5.41) is 2.80. The van der Waals surface area contributed by atoms with Gasteiger partial charge in [0.05, 0.1) is 18.7 Å². The molecule has 3 N–H and O–H groups in total. The predicted octanol–water partition coefficient (Wildman–Crippen LogP) is 1.46. The maximum atomic E-state index is 11.8. The van der Waals surface area contributed by atoms with Crippen LogP contribution in [0.25, 0.3) is 0 Å². The van der Waals surface area contributed by atoms with Crippen LogP contribution >= 0.6 is 0 Å². The number of ether oxygens (including phenoxy) is 1. The van der Waals surface area contributed by atoms with E-state index in [1.54, 1.807) is 24.3 Å². The molecule has 0 aromatic heterocycles. The standard InChI is InChI=1S/C15H22N2O3/c1-4-10(2)13(16)14(18)17-9-11-5-7-12(8-6-11)15(19)20-3/h5-8,10,13H,4,9,16H2,1-3H3,(H,17,18)/t10?,13-/m0/s1. The minimum Gasteiger partial charge on any atom is -0.465 e. The number of hydrogen-bond acceptors (Lipinski definition) is 4. The van der Waals surface area contributed by atoms with Gasteiger partial charge in [0.25, 0.3) is 0 Å². The maximum absolute atomic E-state index is 11.8. The van der Waals surface area contributed by atoms with E-state index in [4.69, 9.17) is 5.73 Å². The van der Waals surface area contributed by atoms with Crippen molar-refractivity contribution in [2.75, 3.05) is 7.11 Å². The number of carbonyl (C=O) groups excluding carboxylic acids is 2. The Morgan fingerprint density at radius 3 is 2.40 bits per heavy atom. The van der Waals surface area contributed by atoms with Crippen LogP contribution in [-0.2, 0) is 16.1 Å². The van der Waals surface area contributed by atoms with Crippen LogP contribution in [0.15, 0.2) is 24.3 Å². The van der Waals surface area contributed by atoms with Crippen LogP contribution < -0.4 is 11.1 Å². The van der Waals surface area contributed by atoms with Gasteiger partial charge in [0, 0.05) is 6.54 Å². The van der Waals surface area contributed by atoms with E-state index in [0.29, 0.717) is 12.1 Å². The third-order valence-corrected chi connectivity index (χ3v) is 3.40. The molecule has 0 saturated carbocycles. The van der Waals surface area contributed by atoms with E-state index < -0.39 is 6.04 Å². The van der Waals surface area contributed by atoms with Gasteiger partial charge in [-0.1, -0.05) is 32.4 Å². The first-order chi connectivity index (χ1) is 9.49. The summed E-state index contributed by atoms with van der Waals surface area (Å²) < 4.78 is 4.62. The molecule has 0 bridgehead atoms. The lowest BCUT2D eigenvalue weighted by Gasteiger charge is -2.17. The van der Waals surface area contributed by atoms with Crippen LogP contribution in [0.1, 0.15) is 36.2 Å². The molecule has 110 valence electrons. The molecule has 1 aromatic rings. The lowest BCUT2D eigenvalue weighted by atomic mass is 9.99. The Labute approximate surface area is 119 Å². The minimum atomic E-state index is -0.491. The first-order valence-electron chi connectivity index (χ1n) is 6.70. The average Bonchev–Trinajstić information content (AvgIpc) is 2.50. The first-order valence-corrected chi connectivity index (χ1v) is 6.70. The maximum Gasteiger partial charge on any atom is 0.337 e. The van der Waals surface area contributed by atoms with Crippen LogP contribution in [-0.4, -0.2) is 25.0 Å². The Morgan fingerprint density at radius 1 is 1.30 bits per heavy atom. The second kappa shape index (κ2) is 7.65. The van der Waals surface area contributed by atoms with Crippen LogP contribution in [0.3, 0.4) is 0 Å². The molecule has 0 saturated heterocycles. The predicted molar refractivity (Wildman–Crippen MR) is 77.1 cm³/mol. The van der Waals surface area contributed by atoms with Gasteiger partial charge in [-0.3, -0.25) is 4.79 Å². The number of amides is 1. The number of benzene rings is 1. The number of esters is 1. The fraction of sp³-hybridized carbons (Fsp3) is 0.467. The SMILES string of the molecule is CCC(C)[C@H](N)C(=O)NCc1ccc(C(=O)OC)cc1. The fourth-order valence-corrected chi connectivity index (χ4v) is 1.70. The summed E-state index contributed by atoms with van der Waals surface area (Å²) in [6, 6.07) is 6.40. The zero-order valence-corrected chi connectivity index (χ0v) is 12.2. The second-order valence-electron chi connectivity index (χ2n) is 4.82. The molecule has 0 aliphatic carbocycles. The van der Waals surface area contributed by atoms with E-state index in [9.17, 15) is 9.59 Å². The van der Waals surface area contributed by atoms with E-state index in [1.165, 1.54) is 7.11 Å². The Kier molecular flexibility index (Phi) is 6.18. The first kappa shape index (κ1) is 16.2. The average molecular weight is 278 g/mol. The number of nitrogens with two attached hydrogens (primary N) is 1. The molecule has 1 rings (SSSR count). The van der Waals surface area contributed by atoms with Gasteiger partial charge in [0.2, 0.25) is 5.91 Å². The Morgan fingerprint density at radius 2 is 1.90 bits per heavy atom. The summed E-state index contributed by atoms with van der Waals surface area (Å²) >= 11 is 0. The number of nitrogens with one attached hydrogen (secondary N) is 1. The zero-order valence-electron chi connectivity index (χ0n) is 12.2. The quantitative estimate of drug-likeness (QED) is 0.772. The summed E-state index contributed by atoms with van der Waals surface area (Å²) in [5.74, 6) is -0.382. The largest absolute Gasteiger partial charge is 0.465 e. The molecule has 20 heavy (non-hydrogen) atoms. The lowest BCUT2D eigenvalue weighted by molar-refractivity contribution is -0.123. The van der Waals surface area contributed by atoms with Gasteiger partial charge in [-0.25, -0.2) is 4.79 Å². The van der Waals surface area contributed by atoms with Crippen molar-refractivity contribution in [2.24, 2.45) is 11.7 Å². The number of hydrogen-bond donors (Lipinski definition) is 2. The zero-order chi connectivity index (χ0) is 15.1. The van der Waals surface area contributed by atoms with Crippen molar-refractivity contribution >= 4 is 11.9 Å². The number of carbonyl (C=O) groups is 2. The van der Waals surface area contributed by atoms with Crippen LogP contribution in [0.2, 0.25) is 0 Å². The van der Waals surface area contributed by atoms with Gasteiger partial charge in [0.15, 0.2) is 0 Å². The van der Waals surface area contributed by atoms with Gasteiger partial charge in [0.1, 0.15) is 0 Å². The summed E-state index contributed by atoms with van der Waals surface area (Å²) in [6.45, 7) is 4.35. The molecule has 0 aliphatic heterocycles.